The number of aromatic nitrogens is 6. The van der Waals surface area contributed by atoms with Crippen LogP contribution in [0.25, 0.3) is 11.2 Å². The first-order valence-corrected chi connectivity index (χ1v) is 15.8. The van der Waals surface area contributed by atoms with Crippen molar-refractivity contribution in [3.63, 3.8) is 0 Å². The third-order valence-corrected chi connectivity index (χ3v) is 9.77. The second-order valence-electron chi connectivity index (χ2n) is 11.9. The number of H-pyrrole nitrogens is 1. The molecule has 8 N–H and O–H groups in total. The van der Waals surface area contributed by atoms with Crippen molar-refractivity contribution in [2.45, 2.75) is 68.7 Å². The van der Waals surface area contributed by atoms with Gasteiger partial charge in [0.15, 0.2) is 23.0 Å². The molecule has 2 unspecified atom stereocenters. The van der Waals surface area contributed by atoms with Crippen LogP contribution in [0.1, 0.15) is 45.8 Å². The summed E-state index contributed by atoms with van der Waals surface area (Å²) in [7, 11) is 0. The number of carbonyl (C=O) groups excluding carboxylic acids is 1. The van der Waals surface area contributed by atoms with Gasteiger partial charge in [-0.25, -0.2) is 19.9 Å². The molecule has 17 nitrogen and oxygen atoms in total. The highest BCUT2D eigenvalue weighted by molar-refractivity contribution is 7.99. The van der Waals surface area contributed by atoms with E-state index in [2.05, 4.69) is 40.5 Å². The van der Waals surface area contributed by atoms with E-state index in [4.69, 9.17) is 16.2 Å². The highest BCUT2D eigenvalue weighted by Crippen LogP contribution is 2.35. The minimum atomic E-state index is -0.915. The number of nitrogens with zero attached hydrogens (tertiary/aromatic N) is 7. The van der Waals surface area contributed by atoms with Crippen LogP contribution in [0.3, 0.4) is 0 Å². The van der Waals surface area contributed by atoms with E-state index in [9.17, 15) is 19.5 Å². The molecular weight excluding hydrogens is 604 g/mol. The lowest BCUT2D eigenvalue weighted by Gasteiger charge is -2.37. The number of nitrogen functional groups attached to an aromatic ring is 2. The van der Waals surface area contributed by atoms with Gasteiger partial charge in [0.2, 0.25) is 5.95 Å². The zero-order chi connectivity index (χ0) is 31.9. The number of aromatic amines is 1. The summed E-state index contributed by atoms with van der Waals surface area (Å²) in [6.45, 7) is 4.66. The van der Waals surface area contributed by atoms with E-state index in [1.165, 1.54) is 6.33 Å². The first-order valence-electron chi connectivity index (χ1n) is 14.7. The first kappa shape index (κ1) is 30.7. The Morgan fingerprint density at radius 3 is 2.84 bits per heavy atom. The van der Waals surface area contributed by atoms with E-state index >= 15 is 0 Å². The Morgan fingerprint density at radius 1 is 1.22 bits per heavy atom. The van der Waals surface area contributed by atoms with Crippen LogP contribution in [0.15, 0.2) is 22.4 Å². The van der Waals surface area contributed by atoms with E-state index in [0.717, 1.165) is 25.0 Å². The fraction of sp³-hybridized carbons (Fsp3) is 0.556. The molecule has 2 fully saturated rings. The van der Waals surface area contributed by atoms with Crippen molar-refractivity contribution in [3.05, 3.63) is 23.0 Å². The Hall–Kier alpha value is -4.29. The van der Waals surface area contributed by atoms with Gasteiger partial charge in [-0.05, 0) is 39.5 Å². The molecule has 3 aliphatic heterocycles. The molecular formula is C27H36N12O5S. The Morgan fingerprint density at radius 2 is 2.04 bits per heavy atom. The lowest BCUT2D eigenvalue weighted by atomic mass is 9.95. The summed E-state index contributed by atoms with van der Waals surface area (Å²) in [6.07, 6.45) is 5.94. The van der Waals surface area contributed by atoms with E-state index in [0.29, 0.717) is 36.5 Å². The van der Waals surface area contributed by atoms with Gasteiger partial charge in [0.25, 0.3) is 11.5 Å². The maximum atomic E-state index is 13.1. The number of fused-ring (bicyclic) bond motifs is 2. The summed E-state index contributed by atoms with van der Waals surface area (Å²) in [5.74, 6) is -0.105. The third kappa shape index (κ3) is 6.30. The second kappa shape index (κ2) is 12.2. The molecule has 1 amide bonds. The average molecular weight is 641 g/mol. The van der Waals surface area contributed by atoms with Crippen molar-refractivity contribution in [2.24, 2.45) is 4.99 Å². The van der Waals surface area contributed by atoms with Crippen molar-refractivity contribution in [3.8, 4) is 0 Å². The molecule has 6 rings (SSSR count). The molecule has 18 heteroatoms. The molecule has 3 aliphatic rings. The molecule has 0 aromatic carbocycles. The van der Waals surface area contributed by atoms with Crippen molar-refractivity contribution in [1.82, 2.24) is 39.7 Å². The highest BCUT2D eigenvalue weighted by atomic mass is 32.2. The number of anilines is 3. The number of piperidine rings is 1. The molecule has 3 aromatic rings. The quantitative estimate of drug-likeness (QED) is 0.186. The Labute approximate surface area is 261 Å². The van der Waals surface area contributed by atoms with Gasteiger partial charge in [-0.3, -0.25) is 28.8 Å². The van der Waals surface area contributed by atoms with Crippen molar-refractivity contribution < 1.29 is 19.4 Å². The minimum absolute atomic E-state index is 0.0207. The van der Waals surface area contributed by atoms with Gasteiger partial charge in [0.05, 0.1) is 18.0 Å². The number of amides is 1. The number of thioether (sulfide) groups is 1. The van der Waals surface area contributed by atoms with E-state index < -0.39 is 29.0 Å². The summed E-state index contributed by atoms with van der Waals surface area (Å²) >= 11 is 1.75. The SMILES string of the molecule is CC1(C)Nc2nc(N)[nH]c(=O)c2N=C1C(=O)NCCN1CCC(SC[C@@H]2CC[C@H](n3cnc4c(N)ncnc43)O2)CC1C(=O)O. The maximum absolute atomic E-state index is 13.1. The van der Waals surface area contributed by atoms with Crippen LogP contribution in [-0.2, 0) is 14.3 Å². The van der Waals surface area contributed by atoms with Gasteiger partial charge >= 0.3 is 5.97 Å². The van der Waals surface area contributed by atoms with E-state index in [-0.39, 0.29) is 47.3 Å². The smallest absolute Gasteiger partial charge is 0.320 e. The van der Waals surface area contributed by atoms with Crippen LogP contribution in [0.5, 0.6) is 0 Å². The van der Waals surface area contributed by atoms with Crippen LogP contribution in [-0.4, -0.2) is 105 Å². The molecule has 0 spiro atoms. The summed E-state index contributed by atoms with van der Waals surface area (Å²) in [5.41, 5.74) is 11.4. The first-order chi connectivity index (χ1) is 21.5. The van der Waals surface area contributed by atoms with Crippen LogP contribution >= 0.6 is 11.8 Å². The topological polar surface area (TPSA) is 245 Å². The summed E-state index contributed by atoms with van der Waals surface area (Å²) in [4.78, 5) is 62.9. The molecule has 0 radical (unpaired) electrons. The second-order valence-corrected chi connectivity index (χ2v) is 13.2. The number of carboxylic acids is 1. The molecule has 0 bridgehead atoms. The third-order valence-electron chi connectivity index (χ3n) is 8.31. The van der Waals surface area contributed by atoms with Gasteiger partial charge in [-0.1, -0.05) is 0 Å². The van der Waals surface area contributed by atoms with Gasteiger partial charge in [-0.15, -0.1) is 0 Å². The zero-order valence-electron chi connectivity index (χ0n) is 24.9. The summed E-state index contributed by atoms with van der Waals surface area (Å²) in [5, 5.41) is 16.1. The molecule has 0 aliphatic carbocycles. The molecule has 240 valence electrons. The molecule has 2 saturated heterocycles. The standard InChI is InChI=1S/C27H36N12O5S/c1-27(2)19(34-18-21(37-27)35-26(29)36-23(18)40)24(41)30-6-8-38-7-5-14(9-15(38)25(42)43)45-10-13-3-4-16(44-13)39-12-33-17-20(28)31-11-32-22(17)39/h11-16H,3-10H2,1-2H3,(H,30,41)(H,42,43)(H2,28,31,32)(H4,29,35,36,37,40)/t13-,14?,15?,16+/m0/s1. The molecule has 6 heterocycles. The summed E-state index contributed by atoms with van der Waals surface area (Å²) in [6, 6.07) is -0.667. The molecule has 3 aromatic heterocycles. The normalized spacial score (nSPS) is 24.5. The van der Waals surface area contributed by atoms with Crippen molar-refractivity contribution >= 4 is 63.8 Å². The van der Waals surface area contributed by atoms with E-state index in [1.54, 1.807) is 31.9 Å². The van der Waals surface area contributed by atoms with Crippen LogP contribution in [0.4, 0.5) is 23.3 Å². The van der Waals surface area contributed by atoms with Gasteiger partial charge in [-0.2, -0.15) is 16.7 Å². The largest absolute Gasteiger partial charge is 0.480 e. The lowest BCUT2D eigenvalue weighted by Crippen LogP contribution is -2.53. The highest BCUT2D eigenvalue weighted by Gasteiger charge is 2.38. The predicted octanol–water partition coefficient (Wildman–Crippen LogP) is 0.495. The molecule has 45 heavy (non-hydrogen) atoms. The van der Waals surface area contributed by atoms with Crippen LogP contribution in [0.2, 0.25) is 0 Å². The van der Waals surface area contributed by atoms with Crippen LogP contribution in [0, 0.1) is 0 Å². The number of imidazole rings is 1. The number of hydrogen-bond acceptors (Lipinski definition) is 14. The van der Waals surface area contributed by atoms with Crippen molar-refractivity contribution in [2.75, 3.05) is 42.2 Å². The number of carbonyl (C=O) groups is 2. The zero-order valence-corrected chi connectivity index (χ0v) is 25.7. The fourth-order valence-corrected chi connectivity index (χ4v) is 7.33. The monoisotopic (exact) mass is 640 g/mol. The molecule has 4 atom stereocenters. The average Bonchev–Trinajstić information content (AvgIpc) is 3.63. The Kier molecular flexibility index (Phi) is 8.36. The number of hydrogen-bond donors (Lipinski definition) is 6. The predicted molar refractivity (Wildman–Crippen MR) is 168 cm³/mol. The minimum Gasteiger partial charge on any atom is -0.480 e. The maximum Gasteiger partial charge on any atom is 0.320 e. The molecule has 0 saturated carbocycles. The summed E-state index contributed by atoms with van der Waals surface area (Å²) < 4.78 is 8.19. The Balaban J connectivity index is 0.994. The van der Waals surface area contributed by atoms with Crippen molar-refractivity contribution in [1.29, 1.82) is 0 Å². The van der Waals surface area contributed by atoms with Gasteiger partial charge in [0.1, 0.15) is 29.8 Å². The number of rotatable bonds is 9. The fourth-order valence-electron chi connectivity index (χ4n) is 6.01. The number of likely N-dealkylation sites (tertiary alicyclic amines) is 1. The lowest BCUT2D eigenvalue weighted by molar-refractivity contribution is -0.144. The number of ether oxygens (including phenoxy) is 1. The van der Waals surface area contributed by atoms with Crippen LogP contribution < -0.4 is 27.7 Å². The number of aliphatic imine (C=N–C) groups is 1. The number of carboxylic acid groups (broad SMARTS) is 1. The number of nitrogens with two attached hydrogens (primary N) is 2. The van der Waals surface area contributed by atoms with E-state index in [1.807, 2.05) is 9.47 Å². The Bertz CT molecular complexity index is 1710. The number of aliphatic carboxylic acids is 1. The van der Waals surface area contributed by atoms with Gasteiger partial charge in [0, 0.05) is 30.6 Å². The van der Waals surface area contributed by atoms with Gasteiger partial charge < -0.3 is 31.9 Å². The number of nitrogens with one attached hydrogen (secondary N) is 3.